The third-order valence-electron chi connectivity index (χ3n) is 4.35. The number of phenolic OH excluding ortho intramolecular Hbond substituents is 1. The number of carbonyl (C=O) groups excluding carboxylic acids is 2. The second-order valence-corrected chi connectivity index (χ2v) is 6.09. The Bertz CT molecular complexity index is 705. The van der Waals surface area contributed by atoms with Crippen molar-refractivity contribution in [3.63, 3.8) is 0 Å². The number of nitrogens with one attached hydrogen (secondary N) is 1. The number of aromatic hydroxyl groups is 1. The van der Waals surface area contributed by atoms with Crippen molar-refractivity contribution in [3.8, 4) is 17.2 Å². The minimum absolute atomic E-state index is 0.162. The van der Waals surface area contributed by atoms with Gasteiger partial charge in [-0.1, -0.05) is 6.92 Å². The van der Waals surface area contributed by atoms with E-state index in [1.54, 1.807) is 26.0 Å². The number of benzene rings is 1. The van der Waals surface area contributed by atoms with Gasteiger partial charge in [0.15, 0.2) is 11.5 Å². The van der Waals surface area contributed by atoms with E-state index >= 15 is 0 Å². The molecule has 3 unspecified atom stereocenters. The molecule has 1 aromatic carbocycles. The van der Waals surface area contributed by atoms with Crippen LogP contribution in [0.2, 0.25) is 0 Å². The first-order chi connectivity index (χ1) is 12.3. The standard InChI is InChI=1S/C18H24N2O6/c1-6-9(2)26-17(22)14-10(3)19-18(23)20-15(14)11-7-12(24-4)16(21)13(8-11)25-5/h7-9,14-15,21H,6H2,1-5H3,(H,20,23). The number of nitrogens with zero attached hydrogens (tertiary/aromatic N) is 1. The maximum atomic E-state index is 12.7. The smallest absolute Gasteiger partial charge is 0.341 e. The number of methoxy groups -OCH3 is 2. The molecule has 1 aliphatic heterocycles. The molecule has 1 heterocycles. The van der Waals surface area contributed by atoms with Crippen LogP contribution in [-0.2, 0) is 9.53 Å². The molecule has 8 nitrogen and oxygen atoms in total. The first-order valence-corrected chi connectivity index (χ1v) is 8.33. The van der Waals surface area contributed by atoms with E-state index in [0.717, 1.165) is 0 Å². The van der Waals surface area contributed by atoms with Crippen molar-refractivity contribution in [2.24, 2.45) is 10.9 Å². The van der Waals surface area contributed by atoms with Gasteiger partial charge in [0.25, 0.3) is 0 Å². The number of aliphatic imine (C=N–C) groups is 1. The van der Waals surface area contributed by atoms with Crippen LogP contribution in [0.4, 0.5) is 4.79 Å². The molecule has 0 saturated carbocycles. The lowest BCUT2D eigenvalue weighted by atomic mass is 9.88. The number of rotatable bonds is 6. The van der Waals surface area contributed by atoms with Gasteiger partial charge in [0, 0.05) is 5.71 Å². The molecule has 0 aliphatic carbocycles. The van der Waals surface area contributed by atoms with E-state index in [2.05, 4.69) is 10.3 Å². The number of hydrogen-bond donors (Lipinski definition) is 2. The molecular formula is C18H24N2O6. The van der Waals surface area contributed by atoms with Gasteiger partial charge in [0.1, 0.15) is 5.92 Å². The fraction of sp³-hybridized carbons (Fsp3) is 0.500. The molecule has 1 aliphatic rings. The van der Waals surface area contributed by atoms with Crippen LogP contribution in [0.3, 0.4) is 0 Å². The third-order valence-corrected chi connectivity index (χ3v) is 4.35. The zero-order chi connectivity index (χ0) is 19.4. The summed E-state index contributed by atoms with van der Waals surface area (Å²) >= 11 is 0. The van der Waals surface area contributed by atoms with Gasteiger partial charge < -0.3 is 24.6 Å². The van der Waals surface area contributed by atoms with Crippen LogP contribution >= 0.6 is 0 Å². The van der Waals surface area contributed by atoms with Crippen LogP contribution in [0.25, 0.3) is 0 Å². The van der Waals surface area contributed by atoms with Gasteiger partial charge in [0.2, 0.25) is 5.75 Å². The second-order valence-electron chi connectivity index (χ2n) is 6.09. The van der Waals surface area contributed by atoms with Gasteiger partial charge in [-0.15, -0.1) is 0 Å². The van der Waals surface area contributed by atoms with Crippen LogP contribution in [-0.4, -0.2) is 43.1 Å². The van der Waals surface area contributed by atoms with Gasteiger partial charge in [-0.25, -0.2) is 9.79 Å². The Morgan fingerprint density at radius 3 is 2.38 bits per heavy atom. The van der Waals surface area contributed by atoms with Crippen molar-refractivity contribution in [3.05, 3.63) is 17.7 Å². The minimum atomic E-state index is -0.791. The highest BCUT2D eigenvalue weighted by atomic mass is 16.5. The Balaban J connectivity index is 2.49. The molecule has 1 aromatic rings. The van der Waals surface area contributed by atoms with Gasteiger partial charge >= 0.3 is 12.0 Å². The quantitative estimate of drug-likeness (QED) is 0.752. The molecule has 3 atom stereocenters. The van der Waals surface area contributed by atoms with Crippen molar-refractivity contribution in [2.75, 3.05) is 14.2 Å². The third kappa shape index (κ3) is 3.89. The molecule has 0 spiro atoms. The van der Waals surface area contributed by atoms with E-state index in [9.17, 15) is 14.7 Å². The predicted octanol–water partition coefficient (Wildman–Crippen LogP) is 2.59. The molecule has 0 fully saturated rings. The molecule has 2 amide bonds. The monoisotopic (exact) mass is 364 g/mol. The van der Waals surface area contributed by atoms with E-state index in [0.29, 0.717) is 17.7 Å². The SMILES string of the molecule is CCC(C)OC(=O)C1C(C)=NC(=O)NC1c1cc(OC)c(O)c(OC)c1. The summed E-state index contributed by atoms with van der Waals surface area (Å²) in [5.74, 6) is -1.09. The molecule has 0 radical (unpaired) electrons. The average Bonchev–Trinajstić information content (AvgIpc) is 2.60. The van der Waals surface area contributed by atoms with E-state index in [1.165, 1.54) is 14.2 Å². The first-order valence-electron chi connectivity index (χ1n) is 8.33. The molecule has 0 aromatic heterocycles. The topological polar surface area (TPSA) is 106 Å². The van der Waals surface area contributed by atoms with Gasteiger partial charge in [-0.05, 0) is 38.0 Å². The number of carbonyl (C=O) groups is 2. The van der Waals surface area contributed by atoms with Crippen molar-refractivity contribution < 1.29 is 28.9 Å². The lowest BCUT2D eigenvalue weighted by molar-refractivity contribution is -0.151. The van der Waals surface area contributed by atoms with E-state index < -0.39 is 24.0 Å². The molecule has 8 heteroatoms. The maximum Gasteiger partial charge on any atom is 0.341 e. The van der Waals surface area contributed by atoms with Gasteiger partial charge in [-0.3, -0.25) is 4.79 Å². The van der Waals surface area contributed by atoms with Crippen LogP contribution in [0, 0.1) is 5.92 Å². The molecule has 0 bridgehead atoms. The number of ether oxygens (including phenoxy) is 3. The minimum Gasteiger partial charge on any atom is -0.502 e. The molecule has 26 heavy (non-hydrogen) atoms. The zero-order valence-corrected chi connectivity index (χ0v) is 15.5. The van der Waals surface area contributed by atoms with E-state index in [4.69, 9.17) is 14.2 Å². The summed E-state index contributed by atoms with van der Waals surface area (Å²) in [5, 5.41) is 12.8. The van der Waals surface area contributed by atoms with E-state index in [1.807, 2.05) is 6.92 Å². The first kappa shape index (κ1) is 19.6. The summed E-state index contributed by atoms with van der Waals surface area (Å²) in [6.07, 6.45) is 0.421. The van der Waals surface area contributed by atoms with Crippen molar-refractivity contribution in [2.45, 2.75) is 39.3 Å². The molecular weight excluding hydrogens is 340 g/mol. The normalized spacial score (nSPS) is 20.7. The van der Waals surface area contributed by atoms with Crippen LogP contribution in [0.5, 0.6) is 17.2 Å². The predicted molar refractivity (Wildman–Crippen MR) is 94.9 cm³/mol. The molecule has 142 valence electrons. The summed E-state index contributed by atoms with van der Waals surface area (Å²) in [4.78, 5) is 28.4. The highest BCUT2D eigenvalue weighted by Gasteiger charge is 2.39. The number of hydrogen-bond acceptors (Lipinski definition) is 6. The lowest BCUT2D eigenvalue weighted by Gasteiger charge is -2.31. The van der Waals surface area contributed by atoms with Crippen molar-refractivity contribution in [1.29, 1.82) is 0 Å². The summed E-state index contributed by atoms with van der Waals surface area (Å²) in [5.41, 5.74) is 0.892. The van der Waals surface area contributed by atoms with Crippen LogP contribution in [0.1, 0.15) is 38.8 Å². The fourth-order valence-electron chi connectivity index (χ4n) is 2.75. The summed E-state index contributed by atoms with van der Waals surface area (Å²) in [6.45, 7) is 5.32. The summed E-state index contributed by atoms with van der Waals surface area (Å²) in [7, 11) is 2.80. The largest absolute Gasteiger partial charge is 0.502 e. The van der Waals surface area contributed by atoms with Crippen molar-refractivity contribution in [1.82, 2.24) is 5.32 Å². The highest BCUT2D eigenvalue weighted by molar-refractivity contribution is 6.08. The number of amides is 2. The summed E-state index contributed by atoms with van der Waals surface area (Å²) < 4.78 is 15.8. The number of phenols is 1. The molecule has 2 rings (SSSR count). The molecule has 2 N–H and O–H groups in total. The summed E-state index contributed by atoms with van der Waals surface area (Å²) in [6, 6.07) is 1.82. The average molecular weight is 364 g/mol. The fourth-order valence-corrected chi connectivity index (χ4v) is 2.75. The Morgan fingerprint density at radius 1 is 1.31 bits per heavy atom. The Hall–Kier alpha value is -2.77. The lowest BCUT2D eigenvalue weighted by Crippen LogP contribution is -2.44. The zero-order valence-electron chi connectivity index (χ0n) is 15.5. The van der Waals surface area contributed by atoms with Gasteiger partial charge in [-0.2, -0.15) is 0 Å². The van der Waals surface area contributed by atoms with Crippen molar-refractivity contribution >= 4 is 17.7 Å². The number of urea groups is 1. The van der Waals surface area contributed by atoms with E-state index in [-0.39, 0.29) is 23.4 Å². The van der Waals surface area contributed by atoms with Crippen LogP contribution < -0.4 is 14.8 Å². The Kier molecular flexibility index (Phi) is 6.07. The highest BCUT2D eigenvalue weighted by Crippen LogP contribution is 2.41. The van der Waals surface area contributed by atoms with Gasteiger partial charge in [0.05, 0.1) is 26.4 Å². The number of esters is 1. The maximum absolute atomic E-state index is 12.7. The van der Waals surface area contributed by atoms with Crippen LogP contribution in [0.15, 0.2) is 17.1 Å². The second kappa shape index (κ2) is 8.07. The molecule has 0 saturated heterocycles. The Morgan fingerprint density at radius 2 is 1.88 bits per heavy atom. The Labute approximate surface area is 152 Å².